The van der Waals surface area contributed by atoms with Crippen molar-refractivity contribution >= 4 is 28.7 Å². The Labute approximate surface area is 314 Å². The Hall–Kier alpha value is -2.78. The summed E-state index contributed by atoms with van der Waals surface area (Å²) in [7, 11) is 6.07. The van der Waals surface area contributed by atoms with Crippen molar-refractivity contribution in [3.8, 4) is 0 Å². The molecule has 1 N–H and O–H groups in total. The fourth-order valence-electron chi connectivity index (χ4n) is 7.77. The molecule has 2 aliphatic heterocycles. The predicted octanol–water partition coefficient (Wildman–Crippen LogP) is 9.95. The summed E-state index contributed by atoms with van der Waals surface area (Å²) >= 11 is 1.78. The highest BCUT2D eigenvalue weighted by Gasteiger charge is 2.43. The lowest BCUT2D eigenvalue weighted by Crippen LogP contribution is -2.44. The van der Waals surface area contributed by atoms with Gasteiger partial charge in [0.1, 0.15) is 0 Å². The third-order valence-corrected chi connectivity index (χ3v) is 11.9. The molecular weight excluding hydrogens is 651 g/mol. The van der Waals surface area contributed by atoms with E-state index in [9.17, 15) is 0 Å². The number of pyridine rings is 1. The summed E-state index contributed by atoms with van der Waals surface area (Å²) in [5, 5.41) is 5.81. The number of unbranched alkanes of at least 4 members (excludes halogenated alkanes) is 2. The molecule has 2 aromatic rings. The maximum atomic E-state index is 5.97. The fraction of sp³-hybridized carbons (Fsp3) is 0.605. The van der Waals surface area contributed by atoms with Crippen LogP contribution in [0.3, 0.4) is 0 Å². The third kappa shape index (κ3) is 10.6. The van der Waals surface area contributed by atoms with E-state index in [2.05, 4.69) is 125 Å². The van der Waals surface area contributed by atoms with Gasteiger partial charge in [0.25, 0.3) is 0 Å². The predicted molar refractivity (Wildman–Crippen MR) is 221 cm³/mol. The summed E-state index contributed by atoms with van der Waals surface area (Å²) in [6.07, 6.45) is 10.5. The number of piperazine rings is 1. The summed E-state index contributed by atoms with van der Waals surface area (Å²) in [5.41, 5.74) is 8.65. The average molecular weight is 718 g/mol. The Balaban J connectivity index is 1.73. The second-order valence-electron chi connectivity index (χ2n) is 15.4. The number of hydrogen-bond acceptors (Lipinski definition) is 8. The average Bonchev–Trinajstić information content (AvgIpc) is 3.43. The molecule has 4 unspecified atom stereocenters. The van der Waals surface area contributed by atoms with E-state index in [4.69, 9.17) is 14.5 Å². The Morgan fingerprint density at radius 3 is 2.53 bits per heavy atom. The van der Waals surface area contributed by atoms with Crippen LogP contribution < -0.4 is 15.1 Å². The third-order valence-electron chi connectivity index (χ3n) is 10.9. The van der Waals surface area contributed by atoms with Crippen LogP contribution >= 0.6 is 11.8 Å². The van der Waals surface area contributed by atoms with Crippen LogP contribution in [0.1, 0.15) is 121 Å². The molecule has 1 aromatic heterocycles. The van der Waals surface area contributed by atoms with Crippen LogP contribution in [-0.4, -0.2) is 76.5 Å². The number of thioether (sulfide) groups is 1. The number of hydrogen-bond donors (Lipinski definition) is 1. The molecule has 51 heavy (non-hydrogen) atoms. The number of allylic oxidation sites excluding steroid dienone is 1. The molecule has 0 amide bonds. The van der Waals surface area contributed by atoms with E-state index in [0.29, 0.717) is 12.6 Å². The van der Waals surface area contributed by atoms with Crippen molar-refractivity contribution in [1.29, 1.82) is 0 Å². The first-order chi connectivity index (χ1) is 24.5. The van der Waals surface area contributed by atoms with E-state index < -0.39 is 0 Å². The number of ether oxygens (including phenoxy) is 2. The zero-order valence-electron chi connectivity index (χ0n) is 33.3. The SMILES string of the molecule is C=COCC(C)(C)CC1c2cc(/C(C)=C/SC(=C)CC(CCCCC)NC)ccc2N(CC)C1c1cc(N2CCN(C)CC2)cnc1C(C)OC. The normalized spacial score (nSPS) is 19.6. The van der Waals surface area contributed by atoms with Gasteiger partial charge in [0.2, 0.25) is 0 Å². The highest BCUT2D eigenvalue weighted by Crippen LogP contribution is 2.55. The number of likely N-dealkylation sites (N-methyl/N-ethyl adjacent to an activating group) is 2. The molecule has 0 radical (unpaired) electrons. The number of rotatable bonds is 20. The molecule has 1 saturated heterocycles. The molecule has 2 aliphatic rings. The standard InChI is InChI=1S/C43H67N5O2S/c1-12-15-16-17-35(44-9)24-32(5)51-29-31(4)34-18-19-40-37(25-34)39(27-43(7,8)30-50-14-3)42(48(40)13-2)38-26-36(28-45-41(38)33(6)49-11)47-22-20-46(10)21-23-47/h14,18-19,25-26,28-29,33,35,39,42,44H,3,5,12-13,15-17,20-24,27,30H2,1-2,4,6-11H3/b31-29+. The first kappa shape index (κ1) is 41.0. The Kier molecular flexibility index (Phi) is 15.5. The molecule has 0 saturated carbocycles. The number of fused-ring (bicyclic) bond motifs is 1. The Morgan fingerprint density at radius 2 is 1.88 bits per heavy atom. The van der Waals surface area contributed by atoms with E-state index in [-0.39, 0.29) is 23.5 Å². The lowest BCUT2D eigenvalue weighted by molar-refractivity contribution is 0.112. The molecule has 1 fully saturated rings. The molecular formula is C43H67N5O2S. The van der Waals surface area contributed by atoms with Crippen molar-refractivity contribution < 1.29 is 9.47 Å². The summed E-state index contributed by atoms with van der Waals surface area (Å²) in [5.74, 6) is 0.227. The van der Waals surface area contributed by atoms with Gasteiger partial charge in [-0.2, -0.15) is 0 Å². The minimum atomic E-state index is -0.123. The van der Waals surface area contributed by atoms with E-state index >= 15 is 0 Å². The quantitative estimate of drug-likeness (QED) is 0.107. The Bertz CT molecular complexity index is 1470. The van der Waals surface area contributed by atoms with Crippen molar-refractivity contribution in [2.75, 3.05) is 70.3 Å². The van der Waals surface area contributed by atoms with Crippen LogP contribution in [0, 0.1) is 5.41 Å². The van der Waals surface area contributed by atoms with Gasteiger partial charge in [-0.1, -0.05) is 59.3 Å². The zero-order valence-corrected chi connectivity index (χ0v) is 34.1. The topological polar surface area (TPSA) is 53.1 Å². The molecule has 7 nitrogen and oxygen atoms in total. The lowest BCUT2D eigenvalue weighted by Gasteiger charge is -2.37. The van der Waals surface area contributed by atoms with Gasteiger partial charge in [0, 0.05) is 63.0 Å². The molecule has 4 rings (SSSR count). The number of anilines is 2. The smallest absolute Gasteiger partial charge is 0.0966 e. The molecule has 8 heteroatoms. The first-order valence-corrected chi connectivity index (χ1v) is 20.1. The van der Waals surface area contributed by atoms with Gasteiger partial charge in [-0.05, 0) is 105 Å². The molecule has 4 atom stereocenters. The van der Waals surface area contributed by atoms with E-state index in [1.54, 1.807) is 25.1 Å². The van der Waals surface area contributed by atoms with Gasteiger partial charge in [0.15, 0.2) is 0 Å². The number of benzene rings is 1. The van der Waals surface area contributed by atoms with Gasteiger partial charge in [-0.25, -0.2) is 0 Å². The minimum absolute atomic E-state index is 0.0802. The van der Waals surface area contributed by atoms with Crippen molar-refractivity contribution in [3.63, 3.8) is 0 Å². The van der Waals surface area contributed by atoms with Gasteiger partial charge in [-0.3, -0.25) is 4.98 Å². The van der Waals surface area contributed by atoms with Crippen LogP contribution in [0.25, 0.3) is 5.57 Å². The summed E-state index contributed by atoms with van der Waals surface area (Å²) < 4.78 is 11.8. The molecule has 3 heterocycles. The first-order valence-electron chi connectivity index (χ1n) is 19.2. The van der Waals surface area contributed by atoms with Gasteiger partial charge < -0.3 is 29.5 Å². The fourth-order valence-corrected chi connectivity index (χ4v) is 8.54. The van der Waals surface area contributed by atoms with Crippen LogP contribution in [0.2, 0.25) is 0 Å². The second kappa shape index (κ2) is 19.3. The van der Waals surface area contributed by atoms with Gasteiger partial charge in [0.05, 0.1) is 42.6 Å². The largest absolute Gasteiger partial charge is 0.501 e. The number of nitrogens with zero attached hydrogens (tertiary/aromatic N) is 4. The molecule has 0 aliphatic carbocycles. The molecule has 1 aromatic carbocycles. The second-order valence-corrected chi connectivity index (χ2v) is 16.5. The summed E-state index contributed by atoms with van der Waals surface area (Å²) in [6, 6.07) is 10.1. The lowest BCUT2D eigenvalue weighted by atomic mass is 9.76. The van der Waals surface area contributed by atoms with E-state index in [1.165, 1.54) is 64.2 Å². The van der Waals surface area contributed by atoms with Crippen LogP contribution in [0.5, 0.6) is 0 Å². The minimum Gasteiger partial charge on any atom is -0.501 e. The van der Waals surface area contributed by atoms with Crippen molar-refractivity contribution in [3.05, 3.63) is 82.6 Å². The number of aromatic nitrogens is 1. The number of nitrogens with one attached hydrogen (secondary N) is 1. The van der Waals surface area contributed by atoms with Crippen molar-refractivity contribution in [2.45, 2.75) is 104 Å². The van der Waals surface area contributed by atoms with E-state index in [0.717, 1.165) is 51.3 Å². The van der Waals surface area contributed by atoms with Crippen LogP contribution in [0.15, 0.2) is 60.2 Å². The highest BCUT2D eigenvalue weighted by atomic mass is 32.2. The summed E-state index contributed by atoms with van der Waals surface area (Å²) in [4.78, 5) is 13.9. The van der Waals surface area contributed by atoms with Crippen LogP contribution in [-0.2, 0) is 9.47 Å². The van der Waals surface area contributed by atoms with Crippen LogP contribution in [0.4, 0.5) is 11.4 Å². The monoisotopic (exact) mass is 718 g/mol. The van der Waals surface area contributed by atoms with Gasteiger partial charge >= 0.3 is 0 Å². The molecule has 282 valence electrons. The highest BCUT2D eigenvalue weighted by molar-refractivity contribution is 8.05. The summed E-state index contributed by atoms with van der Waals surface area (Å²) in [6.45, 7) is 27.4. The van der Waals surface area contributed by atoms with Gasteiger partial charge in [-0.15, -0.1) is 11.8 Å². The zero-order chi connectivity index (χ0) is 37.1. The van der Waals surface area contributed by atoms with Crippen molar-refractivity contribution in [1.82, 2.24) is 15.2 Å². The van der Waals surface area contributed by atoms with E-state index in [1.807, 2.05) is 0 Å². The Morgan fingerprint density at radius 1 is 1.14 bits per heavy atom. The molecule has 0 bridgehead atoms. The molecule has 0 spiro atoms. The van der Waals surface area contributed by atoms with Crippen molar-refractivity contribution in [2.24, 2.45) is 5.41 Å². The maximum absolute atomic E-state index is 5.97. The maximum Gasteiger partial charge on any atom is 0.0966 e. The number of methoxy groups -OCH3 is 1.